The smallest absolute Gasteiger partial charge is 0.251 e. The van der Waals surface area contributed by atoms with Crippen LogP contribution in [0.1, 0.15) is 55.3 Å². The zero-order valence-corrected chi connectivity index (χ0v) is 16.5. The van der Waals surface area contributed by atoms with Crippen LogP contribution in [0.15, 0.2) is 35.3 Å². The molecule has 156 valence electrons. The van der Waals surface area contributed by atoms with Gasteiger partial charge < -0.3 is 27.8 Å². The van der Waals surface area contributed by atoms with Crippen molar-refractivity contribution in [1.82, 2.24) is 10.6 Å². The normalized spacial score (nSPS) is 11.5. The fraction of sp³-hybridized carbons (Fsp3) is 0.550. The molecule has 8 heteroatoms. The van der Waals surface area contributed by atoms with Gasteiger partial charge in [0.1, 0.15) is 6.04 Å². The minimum absolute atomic E-state index is 0.0176. The van der Waals surface area contributed by atoms with E-state index in [2.05, 4.69) is 15.6 Å². The first-order valence-electron chi connectivity index (χ1n) is 9.93. The monoisotopic (exact) mass is 390 g/mol. The fourth-order valence-electron chi connectivity index (χ4n) is 2.74. The second-order valence-corrected chi connectivity index (χ2v) is 6.69. The Balaban J connectivity index is 2.50. The summed E-state index contributed by atoms with van der Waals surface area (Å²) in [4.78, 5) is 28.9. The first-order chi connectivity index (χ1) is 13.5. The topological polar surface area (TPSA) is 149 Å². The van der Waals surface area contributed by atoms with E-state index in [1.54, 1.807) is 24.3 Å². The third kappa shape index (κ3) is 10.5. The lowest BCUT2D eigenvalue weighted by molar-refractivity contribution is -0.123. The van der Waals surface area contributed by atoms with E-state index in [0.717, 1.165) is 38.6 Å². The lowest BCUT2D eigenvalue weighted by Crippen LogP contribution is -2.47. The quantitative estimate of drug-likeness (QED) is 0.181. The number of carbonyl (C=O) groups is 2. The first kappa shape index (κ1) is 23.4. The van der Waals surface area contributed by atoms with Crippen LogP contribution in [0.4, 0.5) is 0 Å². The van der Waals surface area contributed by atoms with E-state index >= 15 is 0 Å². The average Bonchev–Trinajstić information content (AvgIpc) is 2.69. The van der Waals surface area contributed by atoms with Crippen LogP contribution in [0.2, 0.25) is 0 Å². The van der Waals surface area contributed by atoms with Gasteiger partial charge in [0.2, 0.25) is 5.91 Å². The Hall–Kier alpha value is -2.61. The Morgan fingerprint density at radius 3 is 2.32 bits per heavy atom. The number of hydrogen-bond acceptors (Lipinski definition) is 4. The summed E-state index contributed by atoms with van der Waals surface area (Å²) in [6.07, 6.45) is 6.26. The van der Waals surface area contributed by atoms with Gasteiger partial charge in [0.05, 0.1) is 0 Å². The number of rotatable bonds is 14. The molecule has 0 fully saturated rings. The van der Waals surface area contributed by atoms with Crippen LogP contribution in [0, 0.1) is 0 Å². The molecule has 1 aromatic rings. The van der Waals surface area contributed by atoms with Gasteiger partial charge in [0, 0.05) is 18.7 Å². The highest BCUT2D eigenvalue weighted by atomic mass is 16.2. The predicted molar refractivity (Wildman–Crippen MR) is 113 cm³/mol. The van der Waals surface area contributed by atoms with Crippen LogP contribution in [0.5, 0.6) is 0 Å². The number of nitrogens with zero attached hydrogens (tertiary/aromatic N) is 1. The fourth-order valence-corrected chi connectivity index (χ4v) is 2.74. The SMILES string of the molecule is NCCCCCCCNC(=O)[C@H](CCCN=C(N)N)NC(=O)c1ccccc1. The van der Waals surface area contributed by atoms with E-state index in [4.69, 9.17) is 17.2 Å². The van der Waals surface area contributed by atoms with Crippen molar-refractivity contribution in [3.05, 3.63) is 35.9 Å². The summed E-state index contributed by atoms with van der Waals surface area (Å²) in [6, 6.07) is 8.21. The van der Waals surface area contributed by atoms with Gasteiger partial charge in [0.25, 0.3) is 5.91 Å². The van der Waals surface area contributed by atoms with Crippen molar-refractivity contribution in [3.63, 3.8) is 0 Å². The molecular weight excluding hydrogens is 356 g/mol. The molecule has 0 saturated carbocycles. The highest BCUT2D eigenvalue weighted by Gasteiger charge is 2.20. The maximum absolute atomic E-state index is 12.5. The Morgan fingerprint density at radius 2 is 1.64 bits per heavy atom. The molecule has 0 unspecified atom stereocenters. The molecule has 2 amide bonds. The molecular formula is C20H34N6O2. The summed E-state index contributed by atoms with van der Waals surface area (Å²) in [5.41, 5.74) is 16.6. The predicted octanol–water partition coefficient (Wildman–Crippen LogP) is 0.864. The van der Waals surface area contributed by atoms with Gasteiger partial charge >= 0.3 is 0 Å². The third-order valence-electron chi connectivity index (χ3n) is 4.28. The molecule has 8 N–H and O–H groups in total. The number of guanidine groups is 1. The average molecular weight is 391 g/mol. The molecule has 1 atom stereocenters. The van der Waals surface area contributed by atoms with Gasteiger partial charge in [-0.25, -0.2) is 0 Å². The van der Waals surface area contributed by atoms with Crippen molar-refractivity contribution in [3.8, 4) is 0 Å². The zero-order valence-electron chi connectivity index (χ0n) is 16.5. The minimum atomic E-state index is -0.626. The number of benzene rings is 1. The first-order valence-corrected chi connectivity index (χ1v) is 9.93. The number of carbonyl (C=O) groups excluding carboxylic acids is 2. The van der Waals surface area contributed by atoms with Gasteiger partial charge in [-0.2, -0.15) is 0 Å². The van der Waals surface area contributed by atoms with Crippen LogP contribution in [-0.4, -0.2) is 43.5 Å². The standard InChI is InChI=1S/C20H34N6O2/c21-13-7-2-1-3-8-14-24-19(28)17(12-9-15-25-20(22)23)26-18(27)16-10-5-4-6-11-16/h4-6,10-11,17H,1-3,7-9,12-15,21H2,(H,24,28)(H,26,27)(H4,22,23,25)/t17-/m0/s1. The number of aliphatic imine (C=N–C) groups is 1. The molecule has 0 spiro atoms. The van der Waals surface area contributed by atoms with E-state index in [1.807, 2.05) is 6.07 Å². The van der Waals surface area contributed by atoms with Gasteiger partial charge in [-0.3, -0.25) is 14.6 Å². The molecule has 1 rings (SSSR count). The highest BCUT2D eigenvalue weighted by molar-refractivity contribution is 5.97. The maximum Gasteiger partial charge on any atom is 0.251 e. The summed E-state index contributed by atoms with van der Waals surface area (Å²) in [5.74, 6) is -0.440. The number of nitrogens with two attached hydrogens (primary N) is 3. The van der Waals surface area contributed by atoms with E-state index < -0.39 is 6.04 Å². The zero-order chi connectivity index (χ0) is 20.6. The Bertz CT molecular complexity index is 602. The maximum atomic E-state index is 12.5. The van der Waals surface area contributed by atoms with Crippen LogP contribution >= 0.6 is 0 Å². The number of hydrogen-bond donors (Lipinski definition) is 5. The van der Waals surface area contributed by atoms with Crippen LogP contribution < -0.4 is 27.8 Å². The molecule has 0 saturated heterocycles. The van der Waals surface area contributed by atoms with E-state index in [1.165, 1.54) is 0 Å². The van der Waals surface area contributed by atoms with Crippen LogP contribution in [0.3, 0.4) is 0 Å². The molecule has 0 radical (unpaired) electrons. The van der Waals surface area contributed by atoms with Crippen molar-refractivity contribution >= 4 is 17.8 Å². The van der Waals surface area contributed by atoms with Gasteiger partial charge in [-0.05, 0) is 44.4 Å². The minimum Gasteiger partial charge on any atom is -0.370 e. The molecule has 0 aromatic heterocycles. The molecule has 0 aliphatic rings. The van der Waals surface area contributed by atoms with Crippen molar-refractivity contribution in [2.24, 2.45) is 22.2 Å². The summed E-state index contributed by atoms with van der Waals surface area (Å²) in [5, 5.41) is 5.73. The van der Waals surface area contributed by atoms with Crippen LogP contribution in [-0.2, 0) is 4.79 Å². The number of nitrogens with one attached hydrogen (secondary N) is 2. The molecule has 28 heavy (non-hydrogen) atoms. The van der Waals surface area contributed by atoms with Gasteiger partial charge in [0.15, 0.2) is 5.96 Å². The lowest BCUT2D eigenvalue weighted by atomic mass is 10.1. The summed E-state index contributed by atoms with van der Waals surface area (Å²) in [7, 11) is 0. The third-order valence-corrected chi connectivity index (χ3v) is 4.28. The van der Waals surface area contributed by atoms with Gasteiger partial charge in [-0.1, -0.05) is 37.5 Å². The highest BCUT2D eigenvalue weighted by Crippen LogP contribution is 2.05. The second kappa shape index (κ2) is 14.4. The summed E-state index contributed by atoms with van der Waals surface area (Å²) >= 11 is 0. The van der Waals surface area contributed by atoms with Crippen molar-refractivity contribution < 1.29 is 9.59 Å². The summed E-state index contributed by atoms with van der Waals surface area (Å²) in [6.45, 7) is 1.72. The second-order valence-electron chi connectivity index (χ2n) is 6.69. The molecule has 0 aliphatic heterocycles. The van der Waals surface area contributed by atoms with Crippen molar-refractivity contribution in [1.29, 1.82) is 0 Å². The number of unbranched alkanes of at least 4 members (excludes halogenated alkanes) is 4. The van der Waals surface area contributed by atoms with Gasteiger partial charge in [-0.15, -0.1) is 0 Å². The number of amides is 2. The lowest BCUT2D eigenvalue weighted by Gasteiger charge is -2.18. The van der Waals surface area contributed by atoms with E-state index in [9.17, 15) is 9.59 Å². The van der Waals surface area contributed by atoms with Crippen molar-refractivity contribution in [2.45, 2.75) is 51.0 Å². The van der Waals surface area contributed by atoms with Crippen LogP contribution in [0.25, 0.3) is 0 Å². The Morgan fingerprint density at radius 1 is 0.964 bits per heavy atom. The largest absolute Gasteiger partial charge is 0.370 e. The molecule has 0 aliphatic carbocycles. The molecule has 1 aromatic carbocycles. The van der Waals surface area contributed by atoms with E-state index in [-0.39, 0.29) is 17.8 Å². The van der Waals surface area contributed by atoms with Crippen molar-refractivity contribution in [2.75, 3.05) is 19.6 Å². The molecule has 0 heterocycles. The molecule has 8 nitrogen and oxygen atoms in total. The Kier molecular flexibility index (Phi) is 12.1. The van der Waals surface area contributed by atoms with E-state index in [0.29, 0.717) is 31.5 Å². The molecule has 0 bridgehead atoms. The summed E-state index contributed by atoms with van der Waals surface area (Å²) < 4.78 is 0. The Labute approximate surface area is 167 Å².